The predicted molar refractivity (Wildman–Crippen MR) is 63.4 cm³/mol. The molecule has 2 heterocycles. The summed E-state index contributed by atoms with van der Waals surface area (Å²) in [5, 5.41) is 0. The first kappa shape index (κ1) is 10.7. The van der Waals surface area contributed by atoms with Crippen LogP contribution in [0.1, 0.15) is 17.5 Å². The van der Waals surface area contributed by atoms with Crippen LogP contribution in [0.4, 0.5) is 0 Å². The van der Waals surface area contributed by atoms with Crippen molar-refractivity contribution in [1.29, 1.82) is 0 Å². The Labute approximate surface area is 100 Å². The van der Waals surface area contributed by atoms with Crippen molar-refractivity contribution in [2.24, 2.45) is 0 Å². The maximum absolute atomic E-state index is 11.9. The van der Waals surface area contributed by atoms with E-state index in [2.05, 4.69) is 0 Å². The molecular formula is C14H14O3. The van der Waals surface area contributed by atoms with Gasteiger partial charge < -0.3 is 9.47 Å². The Hall–Kier alpha value is -1.45. The third kappa shape index (κ3) is 2.04. The topological polar surface area (TPSA) is 35.5 Å². The third-order valence-corrected chi connectivity index (χ3v) is 3.15. The summed E-state index contributed by atoms with van der Waals surface area (Å²) in [5.41, 5.74) is 3.08. The van der Waals surface area contributed by atoms with Gasteiger partial charge in [-0.05, 0) is 18.6 Å². The number of hydrogen-bond acceptors (Lipinski definition) is 3. The fourth-order valence-electron chi connectivity index (χ4n) is 2.18. The van der Waals surface area contributed by atoms with E-state index in [9.17, 15) is 4.79 Å². The van der Waals surface area contributed by atoms with Crippen LogP contribution in [0.15, 0.2) is 29.8 Å². The minimum atomic E-state index is -0.662. The van der Waals surface area contributed by atoms with Crippen LogP contribution in [0.3, 0.4) is 0 Å². The average Bonchev–Trinajstić information content (AvgIpc) is 2.73. The number of benzene rings is 1. The van der Waals surface area contributed by atoms with E-state index >= 15 is 0 Å². The summed E-state index contributed by atoms with van der Waals surface area (Å²) in [6.45, 7) is 2.58. The Bertz CT molecular complexity index is 473. The lowest BCUT2D eigenvalue weighted by molar-refractivity contribution is -0.146. The van der Waals surface area contributed by atoms with Crippen molar-refractivity contribution in [2.45, 2.75) is 25.7 Å². The molecule has 0 aliphatic carbocycles. The Morgan fingerprint density at radius 2 is 2.06 bits per heavy atom. The van der Waals surface area contributed by atoms with Crippen LogP contribution in [-0.4, -0.2) is 24.8 Å². The maximum Gasteiger partial charge on any atom is 0.222 e. The van der Waals surface area contributed by atoms with Gasteiger partial charge in [0.25, 0.3) is 0 Å². The van der Waals surface area contributed by atoms with Crippen LogP contribution < -0.4 is 0 Å². The van der Waals surface area contributed by atoms with E-state index < -0.39 is 6.29 Å². The predicted octanol–water partition coefficient (Wildman–Crippen LogP) is 2.09. The molecular weight excluding hydrogens is 216 g/mol. The van der Waals surface area contributed by atoms with Crippen LogP contribution in [0.2, 0.25) is 0 Å². The van der Waals surface area contributed by atoms with E-state index in [0.717, 1.165) is 11.1 Å². The minimum absolute atomic E-state index is 0.0284. The molecule has 3 nitrogen and oxygen atoms in total. The number of rotatable bonds is 1. The zero-order chi connectivity index (χ0) is 11.8. The van der Waals surface area contributed by atoms with Gasteiger partial charge in [0.05, 0.1) is 12.7 Å². The van der Waals surface area contributed by atoms with E-state index in [1.165, 1.54) is 5.56 Å². The molecule has 0 saturated carbocycles. The fourth-order valence-corrected chi connectivity index (χ4v) is 2.18. The quantitative estimate of drug-likeness (QED) is 0.693. The van der Waals surface area contributed by atoms with Crippen LogP contribution in [0.25, 0.3) is 6.08 Å². The molecule has 3 rings (SSSR count). The first-order chi connectivity index (χ1) is 8.22. The first-order valence-electron chi connectivity index (χ1n) is 5.81. The van der Waals surface area contributed by atoms with Crippen molar-refractivity contribution in [1.82, 2.24) is 0 Å². The highest BCUT2D eigenvalue weighted by molar-refractivity contribution is 6.02. The average molecular weight is 230 g/mol. The van der Waals surface area contributed by atoms with Gasteiger partial charge in [0, 0.05) is 12.0 Å². The molecule has 0 aromatic heterocycles. The van der Waals surface area contributed by atoms with Gasteiger partial charge in [-0.1, -0.05) is 29.8 Å². The zero-order valence-corrected chi connectivity index (χ0v) is 9.68. The van der Waals surface area contributed by atoms with Crippen molar-refractivity contribution >= 4 is 11.9 Å². The maximum atomic E-state index is 11.9. The second kappa shape index (κ2) is 4.09. The van der Waals surface area contributed by atoms with E-state index in [1.807, 2.05) is 37.3 Å². The lowest BCUT2D eigenvalue weighted by Crippen LogP contribution is -2.30. The van der Waals surface area contributed by atoms with Crippen molar-refractivity contribution in [3.05, 3.63) is 41.0 Å². The molecule has 0 unspecified atom stereocenters. The summed E-state index contributed by atoms with van der Waals surface area (Å²) in [6.07, 6.45) is 1.99. The lowest BCUT2D eigenvalue weighted by Gasteiger charge is -2.19. The highest BCUT2D eigenvalue weighted by atomic mass is 16.7. The summed E-state index contributed by atoms with van der Waals surface area (Å²) < 4.78 is 10.6. The van der Waals surface area contributed by atoms with Crippen molar-refractivity contribution in [3.8, 4) is 0 Å². The molecule has 0 N–H and O–H groups in total. The Morgan fingerprint density at radius 1 is 1.29 bits per heavy atom. The number of Topliss-reactive ketones (excluding diaryl/α,β-unsaturated/α-hetero) is 1. The summed E-state index contributed by atoms with van der Waals surface area (Å²) in [6, 6.07) is 8.13. The van der Waals surface area contributed by atoms with Gasteiger partial charge in [0.2, 0.25) is 12.1 Å². The highest BCUT2D eigenvalue weighted by Crippen LogP contribution is 2.29. The molecule has 88 valence electrons. The van der Waals surface area contributed by atoms with E-state index in [-0.39, 0.29) is 11.9 Å². The Morgan fingerprint density at radius 3 is 2.82 bits per heavy atom. The molecule has 1 aromatic rings. The van der Waals surface area contributed by atoms with Gasteiger partial charge in [-0.2, -0.15) is 0 Å². The molecule has 3 heteroatoms. The number of ether oxygens (including phenoxy) is 2. The minimum Gasteiger partial charge on any atom is -0.343 e. The van der Waals surface area contributed by atoms with Gasteiger partial charge >= 0.3 is 0 Å². The number of fused-ring (bicyclic) bond motifs is 2. The van der Waals surface area contributed by atoms with Crippen LogP contribution in [0, 0.1) is 6.92 Å². The molecule has 2 bridgehead atoms. The molecule has 2 saturated heterocycles. The summed E-state index contributed by atoms with van der Waals surface area (Å²) >= 11 is 0. The summed E-state index contributed by atoms with van der Waals surface area (Å²) in [4.78, 5) is 11.9. The number of carbonyl (C=O) groups excluding carboxylic acids is 1. The molecule has 2 fully saturated rings. The van der Waals surface area contributed by atoms with E-state index in [4.69, 9.17) is 9.47 Å². The van der Waals surface area contributed by atoms with Crippen LogP contribution in [-0.2, 0) is 14.3 Å². The number of hydrogen-bond donors (Lipinski definition) is 0. The second-order valence-corrected chi connectivity index (χ2v) is 4.57. The molecule has 0 radical (unpaired) electrons. The van der Waals surface area contributed by atoms with Crippen molar-refractivity contribution in [2.75, 3.05) is 6.61 Å². The zero-order valence-electron chi connectivity index (χ0n) is 9.68. The second-order valence-electron chi connectivity index (χ2n) is 4.57. The standard InChI is InChI=1S/C14H14O3/c1-9-2-4-10(5-3-9)6-11-7-12-8-16-14(17-12)13(11)15/h2-6,12,14H,7-8H2,1H3/b11-6+/t12-,14+/m0/s1. The molecule has 17 heavy (non-hydrogen) atoms. The Kier molecular flexibility index (Phi) is 2.57. The molecule has 0 spiro atoms. The largest absolute Gasteiger partial charge is 0.343 e. The third-order valence-electron chi connectivity index (χ3n) is 3.15. The normalized spacial score (nSPS) is 29.9. The van der Waals surface area contributed by atoms with Crippen molar-refractivity contribution < 1.29 is 14.3 Å². The molecule has 2 aliphatic heterocycles. The van der Waals surface area contributed by atoms with Crippen molar-refractivity contribution in [3.63, 3.8) is 0 Å². The molecule has 0 amide bonds. The van der Waals surface area contributed by atoms with Gasteiger partial charge in [-0.25, -0.2) is 0 Å². The molecule has 2 aliphatic rings. The Balaban J connectivity index is 1.88. The monoisotopic (exact) mass is 230 g/mol. The van der Waals surface area contributed by atoms with Gasteiger partial charge in [-0.3, -0.25) is 4.79 Å². The van der Waals surface area contributed by atoms with Gasteiger partial charge in [-0.15, -0.1) is 0 Å². The summed E-state index contributed by atoms with van der Waals surface area (Å²) in [5.74, 6) is -0.0284. The smallest absolute Gasteiger partial charge is 0.222 e. The van der Waals surface area contributed by atoms with E-state index in [0.29, 0.717) is 13.0 Å². The molecule has 2 atom stereocenters. The highest BCUT2D eigenvalue weighted by Gasteiger charge is 2.39. The SMILES string of the molecule is Cc1ccc(/C=C2\C[C@H]3CO[C@H](O3)C2=O)cc1. The number of aryl methyl sites for hydroxylation is 1. The van der Waals surface area contributed by atoms with Gasteiger partial charge in [0.1, 0.15) is 0 Å². The van der Waals surface area contributed by atoms with Gasteiger partial charge in [0.15, 0.2) is 0 Å². The molecule has 1 aromatic carbocycles. The van der Waals surface area contributed by atoms with Crippen LogP contribution in [0.5, 0.6) is 0 Å². The van der Waals surface area contributed by atoms with E-state index in [1.54, 1.807) is 0 Å². The number of carbonyl (C=O) groups is 1. The fraction of sp³-hybridized carbons (Fsp3) is 0.357. The first-order valence-corrected chi connectivity index (χ1v) is 5.81. The summed E-state index contributed by atoms with van der Waals surface area (Å²) in [7, 11) is 0. The lowest BCUT2D eigenvalue weighted by atomic mass is 9.99. The number of ketones is 1. The van der Waals surface area contributed by atoms with Crippen LogP contribution >= 0.6 is 0 Å².